The molecule has 0 aliphatic heterocycles. The van der Waals surface area contributed by atoms with Gasteiger partial charge in [-0.15, -0.1) is 0 Å². The van der Waals surface area contributed by atoms with E-state index in [0.717, 1.165) is 19.3 Å². The highest BCUT2D eigenvalue weighted by molar-refractivity contribution is 7.89. The zero-order valence-electron chi connectivity index (χ0n) is 12.7. The van der Waals surface area contributed by atoms with Gasteiger partial charge >= 0.3 is 0 Å². The summed E-state index contributed by atoms with van der Waals surface area (Å²) in [6, 6.07) is 0.568. The van der Waals surface area contributed by atoms with Gasteiger partial charge in [-0.3, -0.25) is 0 Å². The lowest BCUT2D eigenvalue weighted by Crippen LogP contribution is -2.51. The summed E-state index contributed by atoms with van der Waals surface area (Å²) in [4.78, 5) is 2.31. The van der Waals surface area contributed by atoms with Crippen LogP contribution in [-0.4, -0.2) is 57.1 Å². The van der Waals surface area contributed by atoms with Crippen molar-refractivity contribution in [3.63, 3.8) is 0 Å². The molecule has 0 saturated heterocycles. The molecular formula is C14H28N2O2S. The molecule has 0 aromatic heterocycles. The molecule has 0 aromatic carbocycles. The van der Waals surface area contributed by atoms with Crippen LogP contribution in [0.15, 0.2) is 0 Å². The van der Waals surface area contributed by atoms with Crippen LogP contribution in [0.1, 0.15) is 38.5 Å². The van der Waals surface area contributed by atoms with Crippen LogP contribution in [0, 0.1) is 11.8 Å². The minimum Gasteiger partial charge on any atom is -0.306 e. The van der Waals surface area contributed by atoms with E-state index in [4.69, 9.17) is 0 Å². The Hall–Kier alpha value is -0.130. The van der Waals surface area contributed by atoms with Gasteiger partial charge in [0.05, 0.1) is 5.25 Å². The van der Waals surface area contributed by atoms with Crippen LogP contribution in [0.3, 0.4) is 0 Å². The summed E-state index contributed by atoms with van der Waals surface area (Å²) in [5, 5.41) is -0.149. The SMILES string of the molecule is CN(C)C1CCCC2C1CCCC2S(=O)(=O)N(C)C. The Balaban J connectivity index is 2.24. The van der Waals surface area contributed by atoms with Gasteiger partial charge in [0.2, 0.25) is 10.0 Å². The summed E-state index contributed by atoms with van der Waals surface area (Å²) in [5.41, 5.74) is 0. The van der Waals surface area contributed by atoms with E-state index in [1.165, 1.54) is 23.6 Å². The molecule has 2 aliphatic carbocycles. The van der Waals surface area contributed by atoms with Crippen molar-refractivity contribution in [1.82, 2.24) is 9.21 Å². The van der Waals surface area contributed by atoms with Gasteiger partial charge in [0.1, 0.15) is 0 Å². The Morgan fingerprint density at radius 1 is 0.842 bits per heavy atom. The summed E-state index contributed by atoms with van der Waals surface area (Å²) in [6.45, 7) is 0. The first-order valence-electron chi connectivity index (χ1n) is 7.43. The van der Waals surface area contributed by atoms with Crippen molar-refractivity contribution in [2.24, 2.45) is 11.8 Å². The number of hydrogen-bond donors (Lipinski definition) is 0. The minimum absolute atomic E-state index is 0.149. The van der Waals surface area contributed by atoms with Gasteiger partial charge in [-0.05, 0) is 51.6 Å². The average Bonchev–Trinajstić information content (AvgIpc) is 2.36. The third-order valence-corrected chi connectivity index (χ3v) is 7.51. The van der Waals surface area contributed by atoms with Crippen molar-refractivity contribution >= 4 is 10.0 Å². The first kappa shape index (κ1) is 15.3. The third kappa shape index (κ3) is 2.83. The highest BCUT2D eigenvalue weighted by atomic mass is 32.2. The quantitative estimate of drug-likeness (QED) is 0.795. The zero-order chi connectivity index (χ0) is 14.2. The van der Waals surface area contributed by atoms with Crippen molar-refractivity contribution in [2.75, 3.05) is 28.2 Å². The van der Waals surface area contributed by atoms with E-state index in [9.17, 15) is 8.42 Å². The molecule has 2 rings (SSSR count). The van der Waals surface area contributed by atoms with E-state index in [2.05, 4.69) is 19.0 Å². The Labute approximate surface area is 118 Å². The molecule has 0 bridgehead atoms. The van der Waals surface area contributed by atoms with E-state index >= 15 is 0 Å². The van der Waals surface area contributed by atoms with Crippen LogP contribution in [0.4, 0.5) is 0 Å². The van der Waals surface area contributed by atoms with E-state index in [1.807, 2.05) is 0 Å². The van der Waals surface area contributed by atoms with E-state index in [-0.39, 0.29) is 5.25 Å². The predicted octanol–water partition coefficient (Wildman–Crippen LogP) is 1.78. The molecule has 2 saturated carbocycles. The summed E-state index contributed by atoms with van der Waals surface area (Å²) in [7, 11) is 4.51. The van der Waals surface area contributed by atoms with E-state index < -0.39 is 10.0 Å². The minimum atomic E-state index is -3.10. The molecule has 4 atom stereocenters. The summed E-state index contributed by atoms with van der Waals surface area (Å²) in [5.74, 6) is 0.930. The van der Waals surface area contributed by atoms with Gasteiger partial charge in [-0.25, -0.2) is 12.7 Å². The first-order chi connectivity index (χ1) is 8.85. The Bertz CT molecular complexity index is 406. The van der Waals surface area contributed by atoms with Crippen molar-refractivity contribution in [3.8, 4) is 0 Å². The normalized spacial score (nSPS) is 36.5. The Morgan fingerprint density at radius 3 is 2.00 bits per heavy atom. The van der Waals surface area contributed by atoms with Crippen LogP contribution in [-0.2, 0) is 10.0 Å². The van der Waals surface area contributed by atoms with Gasteiger partial charge in [0.15, 0.2) is 0 Å². The molecule has 112 valence electrons. The van der Waals surface area contributed by atoms with Crippen molar-refractivity contribution in [1.29, 1.82) is 0 Å². The maximum Gasteiger partial charge on any atom is 0.216 e. The fourth-order valence-electron chi connectivity index (χ4n) is 4.19. The van der Waals surface area contributed by atoms with Crippen LogP contribution in [0.2, 0.25) is 0 Å². The highest BCUT2D eigenvalue weighted by Crippen LogP contribution is 2.44. The van der Waals surface area contributed by atoms with Gasteiger partial charge in [0, 0.05) is 20.1 Å². The summed E-state index contributed by atoms with van der Waals surface area (Å²) < 4.78 is 26.5. The zero-order valence-corrected chi connectivity index (χ0v) is 13.5. The molecule has 0 radical (unpaired) electrons. The maximum absolute atomic E-state index is 12.5. The van der Waals surface area contributed by atoms with Crippen molar-refractivity contribution in [2.45, 2.75) is 49.8 Å². The number of fused-ring (bicyclic) bond motifs is 1. The lowest BCUT2D eigenvalue weighted by molar-refractivity contribution is 0.0707. The van der Waals surface area contributed by atoms with Crippen LogP contribution in [0.5, 0.6) is 0 Å². The van der Waals surface area contributed by atoms with Crippen LogP contribution >= 0.6 is 0 Å². The molecule has 0 N–H and O–H groups in total. The molecule has 2 fully saturated rings. The summed E-state index contributed by atoms with van der Waals surface area (Å²) >= 11 is 0. The fourth-order valence-corrected chi connectivity index (χ4v) is 5.98. The van der Waals surface area contributed by atoms with Gasteiger partial charge < -0.3 is 4.90 Å². The lowest BCUT2D eigenvalue weighted by atomic mass is 9.68. The molecule has 0 spiro atoms. The number of hydrogen-bond acceptors (Lipinski definition) is 3. The second kappa shape index (κ2) is 5.70. The molecule has 5 heteroatoms. The lowest BCUT2D eigenvalue weighted by Gasteiger charge is -2.47. The van der Waals surface area contributed by atoms with Crippen molar-refractivity contribution in [3.05, 3.63) is 0 Å². The van der Waals surface area contributed by atoms with E-state index in [1.54, 1.807) is 14.1 Å². The van der Waals surface area contributed by atoms with Crippen LogP contribution < -0.4 is 0 Å². The van der Waals surface area contributed by atoms with E-state index in [0.29, 0.717) is 17.9 Å². The molecular weight excluding hydrogens is 260 g/mol. The molecule has 4 nitrogen and oxygen atoms in total. The fraction of sp³-hybridized carbons (Fsp3) is 1.00. The molecule has 0 amide bonds. The predicted molar refractivity (Wildman–Crippen MR) is 78.6 cm³/mol. The molecule has 2 aliphatic rings. The summed E-state index contributed by atoms with van der Waals surface area (Å²) in [6.07, 6.45) is 6.59. The second-order valence-electron chi connectivity index (χ2n) is 6.59. The largest absolute Gasteiger partial charge is 0.306 e. The highest BCUT2D eigenvalue weighted by Gasteiger charge is 2.46. The van der Waals surface area contributed by atoms with Gasteiger partial charge in [-0.1, -0.05) is 12.8 Å². The number of rotatable bonds is 3. The topological polar surface area (TPSA) is 40.6 Å². The standard InChI is InChI=1S/C14H28N2O2S/c1-15(2)13-9-5-8-12-11(13)7-6-10-14(12)19(17,18)16(3)4/h11-14H,5-10H2,1-4H3. The monoisotopic (exact) mass is 288 g/mol. The van der Waals surface area contributed by atoms with Gasteiger partial charge in [0.25, 0.3) is 0 Å². The number of nitrogens with zero attached hydrogens (tertiary/aromatic N) is 2. The second-order valence-corrected chi connectivity index (χ2v) is 8.95. The van der Waals surface area contributed by atoms with Crippen LogP contribution in [0.25, 0.3) is 0 Å². The smallest absolute Gasteiger partial charge is 0.216 e. The molecule has 19 heavy (non-hydrogen) atoms. The Kier molecular flexibility index (Phi) is 4.58. The third-order valence-electron chi connectivity index (χ3n) is 5.14. The Morgan fingerprint density at radius 2 is 1.42 bits per heavy atom. The van der Waals surface area contributed by atoms with Gasteiger partial charge in [-0.2, -0.15) is 0 Å². The first-order valence-corrected chi connectivity index (χ1v) is 8.93. The molecule has 0 heterocycles. The number of sulfonamides is 1. The van der Waals surface area contributed by atoms with Crippen molar-refractivity contribution < 1.29 is 8.42 Å². The maximum atomic E-state index is 12.5. The average molecular weight is 288 g/mol. The molecule has 4 unspecified atom stereocenters. The molecule has 0 aromatic rings.